The van der Waals surface area contributed by atoms with Crippen LogP contribution >= 0.6 is 0 Å². The highest BCUT2D eigenvalue weighted by molar-refractivity contribution is 5.68. The SMILES string of the molecule is O=C(O)C[C@@H]1CCc2cc(OCCn3nc(-c4ccccc4)cc3C(F)(F)F)ccc21. The van der Waals surface area contributed by atoms with Crippen molar-refractivity contribution in [1.29, 1.82) is 0 Å². The first kappa shape index (κ1) is 21.0. The van der Waals surface area contributed by atoms with Crippen LogP contribution in [0.1, 0.15) is 35.6 Å². The van der Waals surface area contributed by atoms with Crippen molar-refractivity contribution in [2.24, 2.45) is 0 Å². The van der Waals surface area contributed by atoms with Crippen molar-refractivity contribution in [2.45, 2.75) is 37.9 Å². The van der Waals surface area contributed by atoms with E-state index in [0.717, 1.165) is 34.7 Å². The Morgan fingerprint density at radius 1 is 1.16 bits per heavy atom. The summed E-state index contributed by atoms with van der Waals surface area (Å²) in [6.07, 6.45) is -2.89. The zero-order chi connectivity index (χ0) is 22.0. The highest BCUT2D eigenvalue weighted by Crippen LogP contribution is 2.37. The van der Waals surface area contributed by atoms with Crippen LogP contribution in [-0.4, -0.2) is 27.5 Å². The largest absolute Gasteiger partial charge is 0.492 e. The van der Waals surface area contributed by atoms with Crippen LogP contribution in [-0.2, 0) is 23.9 Å². The van der Waals surface area contributed by atoms with Gasteiger partial charge in [-0.25, -0.2) is 0 Å². The Balaban J connectivity index is 1.45. The maximum absolute atomic E-state index is 13.5. The lowest BCUT2D eigenvalue weighted by molar-refractivity contribution is -0.144. The Bertz CT molecular complexity index is 1080. The third kappa shape index (κ3) is 4.73. The standard InChI is InChI=1S/C23H21F3N2O3/c24-23(25,26)21-14-20(15-4-2-1-3-5-15)27-28(21)10-11-31-18-8-9-19-16(12-18)6-7-17(19)13-22(29)30/h1-5,8-9,12,14,17H,6-7,10-11,13H2,(H,29,30)/t17-/m0/s1. The number of nitrogens with zero attached hydrogens (tertiary/aromatic N) is 2. The number of hydrogen-bond donors (Lipinski definition) is 1. The first-order valence-corrected chi connectivity index (χ1v) is 9.99. The summed E-state index contributed by atoms with van der Waals surface area (Å²) in [5.41, 5.74) is 2.09. The third-order valence-corrected chi connectivity index (χ3v) is 5.45. The smallest absolute Gasteiger partial charge is 0.433 e. The number of ether oxygens (including phenoxy) is 1. The van der Waals surface area contributed by atoms with Gasteiger partial charge in [0.1, 0.15) is 18.1 Å². The molecular weight excluding hydrogens is 409 g/mol. The molecular formula is C23H21F3N2O3. The summed E-state index contributed by atoms with van der Waals surface area (Å²) >= 11 is 0. The Morgan fingerprint density at radius 2 is 1.94 bits per heavy atom. The second-order valence-electron chi connectivity index (χ2n) is 7.54. The molecule has 1 aromatic heterocycles. The van der Waals surface area contributed by atoms with E-state index in [0.29, 0.717) is 11.3 Å². The van der Waals surface area contributed by atoms with Gasteiger partial charge in [-0.1, -0.05) is 36.4 Å². The molecule has 0 fully saturated rings. The molecule has 3 aromatic rings. The first-order chi connectivity index (χ1) is 14.8. The molecule has 1 aliphatic carbocycles. The van der Waals surface area contributed by atoms with Crippen molar-refractivity contribution in [3.05, 3.63) is 71.4 Å². The molecule has 1 N–H and O–H groups in total. The molecule has 0 aliphatic heterocycles. The molecule has 1 atom stereocenters. The molecule has 0 spiro atoms. The molecule has 0 amide bonds. The number of aromatic nitrogens is 2. The van der Waals surface area contributed by atoms with Crippen molar-refractivity contribution < 1.29 is 27.8 Å². The summed E-state index contributed by atoms with van der Waals surface area (Å²) < 4.78 is 47.0. The minimum Gasteiger partial charge on any atom is -0.492 e. The number of hydrogen-bond acceptors (Lipinski definition) is 3. The van der Waals surface area contributed by atoms with Crippen LogP contribution in [0.4, 0.5) is 13.2 Å². The summed E-state index contributed by atoms with van der Waals surface area (Å²) in [6, 6.07) is 15.2. The number of alkyl halides is 3. The molecule has 1 heterocycles. The molecule has 8 heteroatoms. The minimum atomic E-state index is -4.52. The van der Waals surface area contributed by atoms with Crippen LogP contribution in [0.5, 0.6) is 5.75 Å². The van der Waals surface area contributed by atoms with E-state index in [4.69, 9.17) is 9.84 Å². The zero-order valence-corrected chi connectivity index (χ0v) is 16.6. The van der Waals surface area contributed by atoms with Gasteiger partial charge in [0.05, 0.1) is 18.7 Å². The van der Waals surface area contributed by atoms with Gasteiger partial charge in [0.2, 0.25) is 0 Å². The molecule has 0 radical (unpaired) electrons. The van der Waals surface area contributed by atoms with Crippen molar-refractivity contribution in [3.63, 3.8) is 0 Å². The number of rotatable bonds is 7. The number of carboxylic acids is 1. The molecule has 0 unspecified atom stereocenters. The minimum absolute atomic E-state index is 0.00336. The molecule has 0 saturated heterocycles. The molecule has 0 bridgehead atoms. The van der Waals surface area contributed by atoms with Crippen molar-refractivity contribution in [1.82, 2.24) is 9.78 Å². The molecule has 4 rings (SSSR count). The molecule has 1 aliphatic rings. The lowest BCUT2D eigenvalue weighted by Crippen LogP contribution is -2.18. The summed E-state index contributed by atoms with van der Waals surface area (Å²) in [5, 5.41) is 13.2. The number of aliphatic carboxylic acids is 1. The van der Waals surface area contributed by atoms with Gasteiger partial charge in [0, 0.05) is 5.56 Å². The number of fused-ring (bicyclic) bond motifs is 1. The molecule has 162 valence electrons. The quantitative estimate of drug-likeness (QED) is 0.563. The summed E-state index contributed by atoms with van der Waals surface area (Å²) in [7, 11) is 0. The average Bonchev–Trinajstić information content (AvgIpc) is 3.33. The zero-order valence-electron chi connectivity index (χ0n) is 16.6. The van der Waals surface area contributed by atoms with Gasteiger partial charge in [0.15, 0.2) is 0 Å². The van der Waals surface area contributed by atoms with Crippen molar-refractivity contribution >= 4 is 5.97 Å². The topological polar surface area (TPSA) is 64.3 Å². The Hall–Kier alpha value is -3.29. The van der Waals surface area contributed by atoms with E-state index in [-0.39, 0.29) is 31.2 Å². The van der Waals surface area contributed by atoms with E-state index < -0.39 is 17.8 Å². The van der Waals surface area contributed by atoms with Crippen LogP contribution in [0, 0.1) is 0 Å². The molecule has 0 saturated carbocycles. The lowest BCUT2D eigenvalue weighted by atomic mass is 9.98. The van der Waals surface area contributed by atoms with Gasteiger partial charge in [-0.3, -0.25) is 9.48 Å². The van der Waals surface area contributed by atoms with E-state index in [1.807, 2.05) is 12.1 Å². The fourth-order valence-corrected chi connectivity index (χ4v) is 4.01. The molecule has 5 nitrogen and oxygen atoms in total. The van der Waals surface area contributed by atoms with Gasteiger partial charge >= 0.3 is 12.1 Å². The predicted molar refractivity (Wildman–Crippen MR) is 108 cm³/mol. The predicted octanol–water partition coefficient (Wildman–Crippen LogP) is 5.15. The second kappa shape index (κ2) is 8.45. The monoisotopic (exact) mass is 430 g/mol. The van der Waals surface area contributed by atoms with Crippen LogP contribution in [0.15, 0.2) is 54.6 Å². The highest BCUT2D eigenvalue weighted by Gasteiger charge is 2.36. The van der Waals surface area contributed by atoms with E-state index in [1.165, 1.54) is 0 Å². The second-order valence-corrected chi connectivity index (χ2v) is 7.54. The summed E-state index contributed by atoms with van der Waals surface area (Å²) in [4.78, 5) is 11.0. The third-order valence-electron chi connectivity index (χ3n) is 5.45. The number of aryl methyl sites for hydroxylation is 1. The number of carbonyl (C=O) groups is 1. The van der Waals surface area contributed by atoms with Crippen LogP contribution in [0.3, 0.4) is 0 Å². The normalized spacial score (nSPS) is 15.6. The van der Waals surface area contributed by atoms with Crippen LogP contribution in [0.25, 0.3) is 11.3 Å². The Labute approximate surface area is 177 Å². The number of benzene rings is 2. The van der Waals surface area contributed by atoms with Gasteiger partial charge in [0.25, 0.3) is 0 Å². The van der Waals surface area contributed by atoms with Crippen LogP contribution < -0.4 is 4.74 Å². The summed E-state index contributed by atoms with van der Waals surface area (Å²) in [5.74, 6) is -0.275. The van der Waals surface area contributed by atoms with Crippen molar-refractivity contribution in [3.8, 4) is 17.0 Å². The Morgan fingerprint density at radius 3 is 2.65 bits per heavy atom. The van der Waals surface area contributed by atoms with Crippen molar-refractivity contribution in [2.75, 3.05) is 6.61 Å². The maximum Gasteiger partial charge on any atom is 0.433 e. The highest BCUT2D eigenvalue weighted by atomic mass is 19.4. The molecule has 2 aromatic carbocycles. The van der Waals surface area contributed by atoms with Gasteiger partial charge in [-0.15, -0.1) is 0 Å². The molecule has 31 heavy (non-hydrogen) atoms. The van der Waals surface area contributed by atoms with Gasteiger partial charge < -0.3 is 9.84 Å². The summed E-state index contributed by atoms with van der Waals surface area (Å²) in [6.45, 7) is -0.0310. The Kier molecular flexibility index (Phi) is 5.71. The van der Waals surface area contributed by atoms with Gasteiger partial charge in [-0.2, -0.15) is 18.3 Å². The first-order valence-electron chi connectivity index (χ1n) is 9.99. The van der Waals surface area contributed by atoms with E-state index in [2.05, 4.69) is 5.10 Å². The van der Waals surface area contributed by atoms with E-state index in [1.54, 1.807) is 36.4 Å². The fourth-order valence-electron chi connectivity index (χ4n) is 4.01. The average molecular weight is 430 g/mol. The van der Waals surface area contributed by atoms with Crippen LogP contribution in [0.2, 0.25) is 0 Å². The van der Waals surface area contributed by atoms with E-state index in [9.17, 15) is 18.0 Å². The number of halogens is 3. The maximum atomic E-state index is 13.5. The fraction of sp³-hybridized carbons (Fsp3) is 0.304. The number of carboxylic acid groups (broad SMARTS) is 1. The van der Waals surface area contributed by atoms with Gasteiger partial charge in [-0.05, 0) is 48.1 Å². The lowest BCUT2D eigenvalue weighted by Gasteiger charge is -2.12. The van der Waals surface area contributed by atoms with E-state index >= 15 is 0 Å².